The third-order valence-electron chi connectivity index (χ3n) is 3.75. The fourth-order valence-electron chi connectivity index (χ4n) is 2.33. The van der Waals surface area contributed by atoms with E-state index in [0.717, 1.165) is 12.0 Å². The fourth-order valence-corrected chi connectivity index (χ4v) is 2.33. The highest BCUT2D eigenvalue weighted by Crippen LogP contribution is 2.17. The molecule has 0 aliphatic heterocycles. The maximum Gasteiger partial charge on any atom is 0.159 e. The van der Waals surface area contributed by atoms with Crippen molar-refractivity contribution >= 4 is 11.4 Å². The number of Topliss-reactive ketones (excluding diaryl/α,β-unsaturated/α-hetero) is 1. The Balaban J connectivity index is 2.35. The molecule has 0 fully saturated rings. The Kier molecular flexibility index (Phi) is 7.94. The predicted molar refractivity (Wildman–Crippen MR) is 88.1 cm³/mol. The number of rotatable bonds is 9. The van der Waals surface area contributed by atoms with Crippen LogP contribution in [0.5, 0.6) is 0 Å². The van der Waals surface area contributed by atoms with E-state index in [2.05, 4.69) is 19.9 Å². The number of carbonyl (C=O) groups is 1. The van der Waals surface area contributed by atoms with E-state index >= 15 is 0 Å². The average Bonchev–Trinajstić information content (AvgIpc) is 2.46. The molecule has 0 N–H and O–H groups in total. The Morgan fingerprint density at radius 1 is 0.900 bits per heavy atom. The minimum atomic E-state index is 0.130. The topological polar surface area (TPSA) is 17.1 Å². The van der Waals surface area contributed by atoms with Gasteiger partial charge in [-0.2, -0.15) is 0 Å². The number of hydrogen-bond acceptors (Lipinski definition) is 1. The number of hydrogen-bond donors (Lipinski definition) is 0. The van der Waals surface area contributed by atoms with E-state index in [0.29, 0.717) is 0 Å². The second kappa shape index (κ2) is 9.52. The molecule has 1 aromatic rings. The molecule has 0 aliphatic carbocycles. The number of ketones is 1. The van der Waals surface area contributed by atoms with Crippen LogP contribution in [0.4, 0.5) is 0 Å². The standard InChI is InChI=1S/C19H28O/c1-4-5-6-7-8-9-10-11-16(2)18-12-14-19(15-13-18)17(3)20/h11-15H,4-10H2,1-3H3/b16-11+. The SMILES string of the molecule is CCCCCCCC/C=C(\C)c1ccc(C(C)=O)cc1. The lowest BCUT2D eigenvalue weighted by Crippen LogP contribution is -1.91. The average molecular weight is 272 g/mol. The maximum atomic E-state index is 11.2. The highest BCUT2D eigenvalue weighted by molar-refractivity contribution is 5.94. The minimum absolute atomic E-state index is 0.130. The molecule has 0 spiro atoms. The molecular formula is C19H28O. The van der Waals surface area contributed by atoms with Crippen LogP contribution in [-0.2, 0) is 0 Å². The quantitative estimate of drug-likeness (QED) is 0.395. The number of unbranched alkanes of at least 4 members (excludes halogenated alkanes) is 6. The Hall–Kier alpha value is -1.37. The predicted octanol–water partition coefficient (Wildman–Crippen LogP) is 6.04. The largest absolute Gasteiger partial charge is 0.295 e. The summed E-state index contributed by atoms with van der Waals surface area (Å²) in [7, 11) is 0. The van der Waals surface area contributed by atoms with Gasteiger partial charge in [0.1, 0.15) is 0 Å². The van der Waals surface area contributed by atoms with Crippen LogP contribution in [0.2, 0.25) is 0 Å². The molecule has 0 saturated carbocycles. The van der Waals surface area contributed by atoms with Crippen molar-refractivity contribution in [3.63, 3.8) is 0 Å². The van der Waals surface area contributed by atoms with Gasteiger partial charge in [-0.25, -0.2) is 0 Å². The van der Waals surface area contributed by atoms with E-state index in [1.807, 2.05) is 24.3 Å². The van der Waals surface area contributed by atoms with Crippen LogP contribution in [0.3, 0.4) is 0 Å². The van der Waals surface area contributed by atoms with Gasteiger partial charge >= 0.3 is 0 Å². The van der Waals surface area contributed by atoms with Crippen LogP contribution in [0.15, 0.2) is 30.3 Å². The molecule has 0 saturated heterocycles. The van der Waals surface area contributed by atoms with Gasteiger partial charge in [0.15, 0.2) is 5.78 Å². The normalized spacial score (nSPS) is 11.7. The van der Waals surface area contributed by atoms with Gasteiger partial charge in [0.05, 0.1) is 0 Å². The Morgan fingerprint density at radius 3 is 2.05 bits per heavy atom. The van der Waals surface area contributed by atoms with Gasteiger partial charge in [0.25, 0.3) is 0 Å². The van der Waals surface area contributed by atoms with Crippen molar-refractivity contribution in [3.05, 3.63) is 41.5 Å². The molecule has 20 heavy (non-hydrogen) atoms. The first-order chi connectivity index (χ1) is 9.65. The van der Waals surface area contributed by atoms with Gasteiger partial charge in [-0.15, -0.1) is 0 Å². The Bertz CT molecular complexity index is 426. The molecule has 0 aromatic heterocycles. The molecule has 0 bridgehead atoms. The zero-order valence-corrected chi connectivity index (χ0v) is 13.2. The van der Waals surface area contributed by atoms with E-state index < -0.39 is 0 Å². The summed E-state index contributed by atoms with van der Waals surface area (Å²) in [4.78, 5) is 11.2. The highest BCUT2D eigenvalue weighted by Gasteiger charge is 2.00. The van der Waals surface area contributed by atoms with Gasteiger partial charge in [0.2, 0.25) is 0 Å². The maximum absolute atomic E-state index is 11.2. The molecule has 0 atom stereocenters. The molecule has 0 heterocycles. The molecule has 0 radical (unpaired) electrons. The second-order valence-corrected chi connectivity index (χ2v) is 5.58. The Morgan fingerprint density at radius 2 is 1.45 bits per heavy atom. The lowest BCUT2D eigenvalue weighted by molar-refractivity contribution is 0.101. The Labute approximate surface area is 124 Å². The molecule has 0 aliphatic rings. The summed E-state index contributed by atoms with van der Waals surface area (Å²) in [5.41, 5.74) is 3.33. The van der Waals surface area contributed by atoms with Gasteiger partial charge < -0.3 is 0 Å². The number of benzene rings is 1. The van der Waals surface area contributed by atoms with Crippen LogP contribution in [0.25, 0.3) is 5.57 Å². The van der Waals surface area contributed by atoms with E-state index in [4.69, 9.17) is 0 Å². The summed E-state index contributed by atoms with van der Waals surface area (Å²) in [5.74, 6) is 0.130. The van der Waals surface area contributed by atoms with Crippen molar-refractivity contribution in [3.8, 4) is 0 Å². The second-order valence-electron chi connectivity index (χ2n) is 5.58. The summed E-state index contributed by atoms with van der Waals surface area (Å²) >= 11 is 0. The zero-order chi connectivity index (χ0) is 14.8. The minimum Gasteiger partial charge on any atom is -0.295 e. The van der Waals surface area contributed by atoms with Crippen LogP contribution in [0, 0.1) is 0 Å². The highest BCUT2D eigenvalue weighted by atomic mass is 16.1. The lowest BCUT2D eigenvalue weighted by atomic mass is 10.0. The first-order valence-corrected chi connectivity index (χ1v) is 7.93. The van der Waals surface area contributed by atoms with Gasteiger partial charge in [0, 0.05) is 5.56 Å². The summed E-state index contributed by atoms with van der Waals surface area (Å²) in [5, 5.41) is 0. The van der Waals surface area contributed by atoms with Crippen LogP contribution in [0.1, 0.15) is 81.6 Å². The third kappa shape index (κ3) is 6.18. The first kappa shape index (κ1) is 16.7. The summed E-state index contributed by atoms with van der Waals surface area (Å²) in [6.07, 6.45) is 11.5. The van der Waals surface area contributed by atoms with Gasteiger partial charge in [-0.1, -0.05) is 69.4 Å². The molecule has 0 amide bonds. The summed E-state index contributed by atoms with van der Waals surface area (Å²) in [6, 6.07) is 7.92. The molecule has 1 heteroatoms. The summed E-state index contributed by atoms with van der Waals surface area (Å²) in [6.45, 7) is 6.01. The summed E-state index contributed by atoms with van der Waals surface area (Å²) < 4.78 is 0. The van der Waals surface area contributed by atoms with Crippen molar-refractivity contribution in [2.75, 3.05) is 0 Å². The lowest BCUT2D eigenvalue weighted by Gasteiger charge is -2.03. The van der Waals surface area contributed by atoms with Crippen molar-refractivity contribution in [1.29, 1.82) is 0 Å². The zero-order valence-electron chi connectivity index (χ0n) is 13.2. The fraction of sp³-hybridized carbons (Fsp3) is 0.526. The molecule has 1 rings (SSSR count). The van der Waals surface area contributed by atoms with Crippen molar-refractivity contribution in [1.82, 2.24) is 0 Å². The smallest absolute Gasteiger partial charge is 0.159 e. The van der Waals surface area contributed by atoms with Crippen LogP contribution >= 0.6 is 0 Å². The van der Waals surface area contributed by atoms with Gasteiger partial charge in [-0.05, 0) is 37.8 Å². The van der Waals surface area contributed by atoms with Crippen molar-refractivity contribution in [2.24, 2.45) is 0 Å². The number of carbonyl (C=O) groups excluding carboxylic acids is 1. The first-order valence-electron chi connectivity index (χ1n) is 7.93. The van der Waals surface area contributed by atoms with E-state index in [-0.39, 0.29) is 5.78 Å². The number of allylic oxidation sites excluding steroid dienone is 2. The van der Waals surface area contributed by atoms with Gasteiger partial charge in [-0.3, -0.25) is 4.79 Å². The molecular weight excluding hydrogens is 244 g/mol. The molecule has 0 unspecified atom stereocenters. The van der Waals surface area contributed by atoms with E-state index in [9.17, 15) is 4.79 Å². The molecule has 110 valence electrons. The van der Waals surface area contributed by atoms with Crippen LogP contribution in [-0.4, -0.2) is 5.78 Å². The van der Waals surface area contributed by atoms with E-state index in [1.54, 1.807) is 6.92 Å². The van der Waals surface area contributed by atoms with Crippen molar-refractivity contribution < 1.29 is 4.79 Å². The third-order valence-corrected chi connectivity index (χ3v) is 3.75. The van der Waals surface area contributed by atoms with Crippen LogP contribution < -0.4 is 0 Å². The van der Waals surface area contributed by atoms with E-state index in [1.165, 1.54) is 49.7 Å². The molecule has 1 nitrogen and oxygen atoms in total. The monoisotopic (exact) mass is 272 g/mol. The van der Waals surface area contributed by atoms with Crippen molar-refractivity contribution in [2.45, 2.75) is 65.7 Å². The molecule has 1 aromatic carbocycles.